The minimum absolute atomic E-state index is 0.104. The average molecular weight is 749 g/mol. The number of aliphatic hydroxyl groups excluding tert-OH is 1. The summed E-state index contributed by atoms with van der Waals surface area (Å²) in [4.78, 5) is 62.7. The molecule has 0 unspecified atom stereocenters. The third kappa shape index (κ3) is 6.44. The van der Waals surface area contributed by atoms with Crippen molar-refractivity contribution < 1.29 is 33.8 Å². The lowest BCUT2D eigenvalue weighted by Gasteiger charge is -2.39. The van der Waals surface area contributed by atoms with Crippen molar-refractivity contribution in [3.63, 3.8) is 0 Å². The van der Waals surface area contributed by atoms with Gasteiger partial charge in [-0.2, -0.15) is 0 Å². The number of benzene rings is 2. The molecule has 10 nitrogen and oxygen atoms in total. The topological polar surface area (TPSA) is 117 Å². The number of carbonyl (C=O) groups excluding carboxylic acids is 4. The van der Waals surface area contributed by atoms with E-state index in [9.17, 15) is 19.5 Å². The van der Waals surface area contributed by atoms with Gasteiger partial charge in [-0.15, -0.1) is 0 Å². The molecule has 6 rings (SSSR count). The van der Waals surface area contributed by atoms with Crippen LogP contribution in [0.2, 0.25) is 0 Å². The molecule has 0 radical (unpaired) electrons. The number of carbonyl (C=O) groups is 4. The maximum Gasteiger partial charge on any atom is 0.313 e. The van der Waals surface area contributed by atoms with Gasteiger partial charge in [0.1, 0.15) is 29.8 Å². The van der Waals surface area contributed by atoms with E-state index >= 15 is 4.79 Å². The van der Waals surface area contributed by atoms with Gasteiger partial charge < -0.3 is 29.3 Å². The molecule has 3 amide bonds. The number of amides is 3. The minimum Gasteiger partial charge on any atom is -0.455 e. The standard InChI is InChI=1S/C39H46BrN3O7/c1-4-5-14-21-42-22-15-8-13-20-30(45)41(3)25(2)33(27-18-11-7-12-19-27)49-38(48)31-32-36(46)43(29(24-44)26-16-9-6-10-17-26)35(37(42)47)39(32)23-28(40)34(31)50-39/h6-12,15-19,23,25,29,31-35,44H,4-5,13-14,20-22,24H2,1-3H3/b15-8-/t25-,29+,31+,32-,33+,34+,35+,39-/m0/s1. The average Bonchev–Trinajstić information content (AvgIpc) is 3.72. The number of cyclic esters (lactones) is 1. The lowest BCUT2D eigenvalue weighted by atomic mass is 9.74. The third-order valence-corrected chi connectivity index (χ3v) is 11.4. The number of likely N-dealkylation sites (N-methyl/N-ethyl adjacent to an activating group) is 1. The zero-order valence-corrected chi connectivity index (χ0v) is 30.4. The molecule has 4 heterocycles. The first-order valence-electron chi connectivity index (χ1n) is 17.6. The van der Waals surface area contributed by atoms with Gasteiger partial charge in [-0.1, -0.05) is 109 Å². The fourth-order valence-electron chi connectivity index (χ4n) is 8.01. The van der Waals surface area contributed by atoms with E-state index in [-0.39, 0.29) is 24.8 Å². The maximum absolute atomic E-state index is 15.0. The molecule has 1 spiro atoms. The Morgan fingerprint density at radius 1 is 0.960 bits per heavy atom. The molecule has 8 atom stereocenters. The highest BCUT2D eigenvalue weighted by Crippen LogP contribution is 2.60. The predicted molar refractivity (Wildman–Crippen MR) is 190 cm³/mol. The first kappa shape index (κ1) is 36.0. The van der Waals surface area contributed by atoms with Gasteiger partial charge in [0.15, 0.2) is 0 Å². The van der Waals surface area contributed by atoms with Crippen LogP contribution in [0.5, 0.6) is 0 Å². The summed E-state index contributed by atoms with van der Waals surface area (Å²) in [5, 5.41) is 10.9. The second-order valence-electron chi connectivity index (χ2n) is 13.7. The van der Waals surface area contributed by atoms with Crippen LogP contribution in [0, 0.1) is 11.8 Å². The van der Waals surface area contributed by atoms with Gasteiger partial charge in [-0.3, -0.25) is 19.2 Å². The Hall–Kier alpha value is -3.80. The highest BCUT2D eigenvalue weighted by molar-refractivity contribution is 9.11. The van der Waals surface area contributed by atoms with Crippen LogP contribution in [0.4, 0.5) is 0 Å². The summed E-state index contributed by atoms with van der Waals surface area (Å²) in [5.41, 5.74) is -0.108. The number of allylic oxidation sites excluding steroid dienone is 1. The Kier molecular flexibility index (Phi) is 11.0. The summed E-state index contributed by atoms with van der Waals surface area (Å²) in [5.74, 6) is -3.69. The van der Waals surface area contributed by atoms with Crippen LogP contribution in [-0.2, 0) is 28.7 Å². The van der Waals surface area contributed by atoms with Gasteiger partial charge in [0.2, 0.25) is 17.7 Å². The molecule has 4 aliphatic heterocycles. The molecule has 1 N–H and O–H groups in total. The molecule has 0 aliphatic carbocycles. The molecule has 5 bridgehead atoms. The van der Waals surface area contributed by atoms with Crippen LogP contribution >= 0.6 is 15.9 Å². The first-order chi connectivity index (χ1) is 24.1. The largest absolute Gasteiger partial charge is 0.455 e. The van der Waals surface area contributed by atoms with Gasteiger partial charge in [0.05, 0.1) is 24.6 Å². The van der Waals surface area contributed by atoms with Crippen molar-refractivity contribution in [2.75, 3.05) is 26.7 Å². The van der Waals surface area contributed by atoms with Gasteiger partial charge in [0, 0.05) is 31.0 Å². The number of unbranched alkanes of at least 4 members (excludes halogenated alkanes) is 2. The van der Waals surface area contributed by atoms with Crippen molar-refractivity contribution in [2.45, 2.75) is 81.9 Å². The lowest BCUT2D eigenvalue weighted by Crippen LogP contribution is -2.57. The lowest BCUT2D eigenvalue weighted by molar-refractivity contribution is -0.164. The maximum atomic E-state index is 15.0. The number of nitrogens with zero attached hydrogens (tertiary/aromatic N) is 3. The Morgan fingerprint density at radius 3 is 2.34 bits per heavy atom. The van der Waals surface area contributed by atoms with Crippen molar-refractivity contribution in [3.8, 4) is 0 Å². The monoisotopic (exact) mass is 747 g/mol. The van der Waals surface area contributed by atoms with Crippen molar-refractivity contribution in [1.82, 2.24) is 14.7 Å². The van der Waals surface area contributed by atoms with Gasteiger partial charge in [-0.25, -0.2) is 0 Å². The number of fused-ring (bicyclic) bond motifs is 2. The van der Waals surface area contributed by atoms with Crippen molar-refractivity contribution in [2.24, 2.45) is 11.8 Å². The van der Waals surface area contributed by atoms with Gasteiger partial charge in [-0.05, 0) is 37.0 Å². The molecule has 50 heavy (non-hydrogen) atoms. The van der Waals surface area contributed by atoms with E-state index < -0.39 is 66.3 Å². The number of hydrogen-bond acceptors (Lipinski definition) is 7. The molecule has 0 saturated carbocycles. The quantitative estimate of drug-likeness (QED) is 0.227. The molecule has 266 valence electrons. The summed E-state index contributed by atoms with van der Waals surface area (Å²) in [6, 6.07) is 15.8. The second-order valence-corrected chi connectivity index (χ2v) is 14.6. The molecular formula is C39H46BrN3O7. The minimum atomic E-state index is -1.48. The third-order valence-electron chi connectivity index (χ3n) is 10.7. The van der Waals surface area contributed by atoms with E-state index in [1.165, 1.54) is 4.90 Å². The van der Waals surface area contributed by atoms with Crippen LogP contribution in [0.1, 0.15) is 69.2 Å². The van der Waals surface area contributed by atoms with Crippen molar-refractivity contribution in [1.29, 1.82) is 0 Å². The van der Waals surface area contributed by atoms with E-state index in [1.807, 2.05) is 79.7 Å². The van der Waals surface area contributed by atoms with Crippen LogP contribution < -0.4 is 0 Å². The molecule has 11 heteroatoms. The van der Waals surface area contributed by atoms with Crippen LogP contribution in [0.3, 0.4) is 0 Å². The number of rotatable bonds is 8. The van der Waals surface area contributed by atoms with E-state index in [1.54, 1.807) is 22.9 Å². The van der Waals surface area contributed by atoms with E-state index in [4.69, 9.17) is 9.47 Å². The Morgan fingerprint density at radius 2 is 1.66 bits per heavy atom. The zero-order chi connectivity index (χ0) is 35.6. The number of ether oxygens (including phenoxy) is 2. The van der Waals surface area contributed by atoms with Gasteiger partial charge >= 0.3 is 5.97 Å². The number of halogens is 1. The van der Waals surface area contributed by atoms with E-state index in [0.29, 0.717) is 28.6 Å². The van der Waals surface area contributed by atoms with Crippen LogP contribution in [-0.4, -0.2) is 94.0 Å². The number of hydrogen-bond donors (Lipinski definition) is 1. The zero-order valence-electron chi connectivity index (χ0n) is 28.8. The molecule has 2 fully saturated rings. The fourth-order valence-corrected chi connectivity index (χ4v) is 8.75. The Bertz CT molecular complexity index is 1630. The van der Waals surface area contributed by atoms with E-state index in [2.05, 4.69) is 22.9 Å². The first-order valence-corrected chi connectivity index (χ1v) is 18.4. The molecular weight excluding hydrogens is 702 g/mol. The summed E-state index contributed by atoms with van der Waals surface area (Å²) >= 11 is 3.63. The van der Waals surface area contributed by atoms with Crippen molar-refractivity contribution >= 4 is 39.6 Å². The Labute approximate surface area is 302 Å². The Balaban J connectivity index is 1.49. The molecule has 2 saturated heterocycles. The number of aliphatic hydroxyl groups is 1. The molecule has 0 aromatic heterocycles. The second kappa shape index (κ2) is 15.2. The normalized spacial score (nSPS) is 31.5. The summed E-state index contributed by atoms with van der Waals surface area (Å²) in [6.07, 6.45) is 7.25. The number of likely N-dealkylation sites (tertiary alicyclic amines) is 1. The van der Waals surface area contributed by atoms with Crippen LogP contribution in [0.15, 0.2) is 83.4 Å². The summed E-state index contributed by atoms with van der Waals surface area (Å²) < 4.78 is 13.6. The van der Waals surface area contributed by atoms with Gasteiger partial charge in [0.25, 0.3) is 0 Å². The fraction of sp³-hybridized carbons (Fsp3) is 0.487. The number of esters is 1. The SMILES string of the molecule is CCCCCN1C/C=C\CCC(=O)N(C)[C@@H](C)[C@H](c2ccccc2)OC(=O)[C@H]2[C@@H]3O[C@@]4(C=C3Br)[C@@H]2C(=O)N([C@H](CO)c2ccccc2)[C@@H]4C1=O. The predicted octanol–water partition coefficient (Wildman–Crippen LogP) is 5.09. The summed E-state index contributed by atoms with van der Waals surface area (Å²) in [7, 11) is 1.71. The van der Waals surface area contributed by atoms with Crippen molar-refractivity contribution in [3.05, 3.63) is 94.5 Å². The molecule has 2 aromatic rings. The molecule has 4 aliphatic rings. The smallest absolute Gasteiger partial charge is 0.313 e. The highest BCUT2D eigenvalue weighted by Gasteiger charge is 2.75. The van der Waals surface area contributed by atoms with Crippen LogP contribution in [0.25, 0.3) is 0 Å². The van der Waals surface area contributed by atoms with E-state index in [0.717, 1.165) is 19.3 Å². The highest BCUT2D eigenvalue weighted by atomic mass is 79.9. The summed E-state index contributed by atoms with van der Waals surface area (Å²) in [6.45, 7) is 4.22. The molecule has 2 aromatic carbocycles.